The van der Waals surface area contributed by atoms with Crippen molar-refractivity contribution >= 4 is 0 Å². The van der Waals surface area contributed by atoms with Crippen LogP contribution in [0.3, 0.4) is 0 Å². The fraction of sp³-hybridized carbons (Fsp3) is 0. The van der Waals surface area contributed by atoms with Crippen molar-refractivity contribution in [2.45, 2.75) is 0 Å². The SMILES string of the molecule is C=C.[Pt].[Pt]. The number of hydrogen-bond donors (Lipinski definition) is 0. The molecule has 0 aromatic carbocycles. The fourth-order valence-corrected chi connectivity index (χ4v) is 0. The van der Waals surface area contributed by atoms with Gasteiger partial charge in [-0.05, 0) is 0 Å². The third kappa shape index (κ3) is 11.2. The molecule has 0 atom stereocenters. The first kappa shape index (κ1) is 19.4. The molecular formula is C2H4Pt2. The van der Waals surface area contributed by atoms with Gasteiger partial charge in [-0.2, -0.15) is 0 Å². The summed E-state index contributed by atoms with van der Waals surface area (Å²) in [5, 5.41) is 0. The first-order valence-corrected chi connectivity index (χ1v) is 0.500. The summed E-state index contributed by atoms with van der Waals surface area (Å²) in [4.78, 5) is 0. The van der Waals surface area contributed by atoms with Crippen molar-refractivity contribution in [1.82, 2.24) is 0 Å². The minimum Gasteiger partial charge on any atom is -0.106 e. The molecule has 0 N–H and O–H groups in total. The average molecular weight is 418 g/mol. The van der Waals surface area contributed by atoms with E-state index in [1.165, 1.54) is 0 Å². The predicted molar refractivity (Wildman–Crippen MR) is 11.3 cm³/mol. The zero-order chi connectivity index (χ0) is 2.00. The van der Waals surface area contributed by atoms with E-state index in [9.17, 15) is 0 Å². The molecule has 0 aliphatic rings. The molecular weight excluding hydrogens is 414 g/mol. The van der Waals surface area contributed by atoms with Crippen molar-refractivity contribution in [2.75, 3.05) is 0 Å². The molecule has 0 saturated carbocycles. The third-order valence-corrected chi connectivity index (χ3v) is 0. The van der Waals surface area contributed by atoms with Crippen LogP contribution in [0.2, 0.25) is 0 Å². The standard InChI is InChI=1S/C2H4.2Pt/c1-2;;/h1-2H2;;. The van der Waals surface area contributed by atoms with Gasteiger partial charge in [0.1, 0.15) is 0 Å². The van der Waals surface area contributed by atoms with E-state index in [2.05, 4.69) is 13.2 Å². The molecule has 0 fully saturated rings. The fourth-order valence-electron chi connectivity index (χ4n) is 0. The Morgan fingerprint density at radius 1 is 0.750 bits per heavy atom. The molecule has 0 amide bonds. The van der Waals surface area contributed by atoms with E-state index in [4.69, 9.17) is 0 Å². The zero-order valence-corrected chi connectivity index (χ0v) is 6.59. The van der Waals surface area contributed by atoms with Gasteiger partial charge in [0, 0.05) is 42.1 Å². The molecule has 0 saturated heterocycles. The molecule has 4 heavy (non-hydrogen) atoms. The minimum atomic E-state index is 0. The summed E-state index contributed by atoms with van der Waals surface area (Å²) in [7, 11) is 0. The summed E-state index contributed by atoms with van der Waals surface area (Å²) in [6.07, 6.45) is 0. The van der Waals surface area contributed by atoms with Gasteiger partial charge in [-0.3, -0.25) is 0 Å². The van der Waals surface area contributed by atoms with Gasteiger partial charge in [0.05, 0.1) is 0 Å². The Bertz CT molecular complexity index is 4.00. The van der Waals surface area contributed by atoms with Crippen LogP contribution >= 0.6 is 0 Å². The van der Waals surface area contributed by atoms with E-state index < -0.39 is 0 Å². The third-order valence-electron chi connectivity index (χ3n) is 0. The molecule has 32 valence electrons. The summed E-state index contributed by atoms with van der Waals surface area (Å²) in [6, 6.07) is 0. The van der Waals surface area contributed by atoms with Gasteiger partial charge in [-0.25, -0.2) is 0 Å². The van der Waals surface area contributed by atoms with E-state index in [0.29, 0.717) is 0 Å². The number of rotatable bonds is 0. The molecule has 0 unspecified atom stereocenters. The quantitative estimate of drug-likeness (QED) is 0.511. The zero-order valence-electron chi connectivity index (χ0n) is 2.05. The molecule has 0 aliphatic carbocycles. The van der Waals surface area contributed by atoms with Gasteiger partial charge in [-0.15, -0.1) is 13.2 Å². The Hall–Kier alpha value is 1.12. The molecule has 0 aliphatic heterocycles. The Balaban J connectivity index is -0.00000000500. The van der Waals surface area contributed by atoms with Crippen LogP contribution in [0.5, 0.6) is 0 Å². The van der Waals surface area contributed by atoms with Crippen molar-refractivity contribution < 1.29 is 42.1 Å². The summed E-state index contributed by atoms with van der Waals surface area (Å²) < 4.78 is 0. The van der Waals surface area contributed by atoms with Gasteiger partial charge in [0.25, 0.3) is 0 Å². The second kappa shape index (κ2) is 32.1. The van der Waals surface area contributed by atoms with E-state index in [1.54, 1.807) is 0 Å². The maximum absolute atomic E-state index is 3.00. The van der Waals surface area contributed by atoms with Gasteiger partial charge < -0.3 is 0 Å². The number of hydrogen-bond acceptors (Lipinski definition) is 0. The van der Waals surface area contributed by atoms with Crippen LogP contribution in [-0.2, 0) is 42.1 Å². The van der Waals surface area contributed by atoms with Crippen LogP contribution in [-0.4, -0.2) is 0 Å². The van der Waals surface area contributed by atoms with E-state index in [-0.39, 0.29) is 42.1 Å². The smallest absolute Gasteiger partial charge is 0 e. The Morgan fingerprint density at radius 3 is 0.750 bits per heavy atom. The van der Waals surface area contributed by atoms with Crippen LogP contribution < -0.4 is 0 Å². The van der Waals surface area contributed by atoms with Crippen LogP contribution in [0.15, 0.2) is 13.2 Å². The van der Waals surface area contributed by atoms with Crippen molar-refractivity contribution in [3.05, 3.63) is 13.2 Å². The monoisotopic (exact) mass is 418 g/mol. The molecule has 0 aromatic heterocycles. The molecule has 0 spiro atoms. The van der Waals surface area contributed by atoms with Crippen molar-refractivity contribution in [1.29, 1.82) is 0 Å². The maximum atomic E-state index is 3.00. The second-order valence-corrected chi connectivity index (χ2v) is 0. The molecule has 0 rings (SSSR count). The molecule has 0 heterocycles. The molecule has 0 nitrogen and oxygen atoms in total. The Morgan fingerprint density at radius 2 is 0.750 bits per heavy atom. The molecule has 0 aromatic rings. The van der Waals surface area contributed by atoms with Gasteiger partial charge in [0.2, 0.25) is 0 Å². The maximum Gasteiger partial charge on any atom is 0 e. The average Bonchev–Trinajstić information content (AvgIpc) is 1.00. The molecule has 2 heteroatoms. The van der Waals surface area contributed by atoms with Gasteiger partial charge in [-0.1, -0.05) is 0 Å². The van der Waals surface area contributed by atoms with E-state index >= 15 is 0 Å². The second-order valence-electron chi connectivity index (χ2n) is 0. The van der Waals surface area contributed by atoms with Gasteiger partial charge in [0.15, 0.2) is 0 Å². The van der Waals surface area contributed by atoms with Crippen molar-refractivity contribution in [2.24, 2.45) is 0 Å². The summed E-state index contributed by atoms with van der Waals surface area (Å²) in [6.45, 7) is 6.00. The molecule has 0 radical (unpaired) electrons. The summed E-state index contributed by atoms with van der Waals surface area (Å²) in [5.74, 6) is 0. The first-order valence-electron chi connectivity index (χ1n) is 0.500. The van der Waals surface area contributed by atoms with Crippen molar-refractivity contribution in [3.8, 4) is 0 Å². The Labute approximate surface area is 55.2 Å². The first-order chi connectivity index (χ1) is 1.00. The normalized spacial score (nSPS) is 1.00. The van der Waals surface area contributed by atoms with Crippen molar-refractivity contribution in [3.63, 3.8) is 0 Å². The molecule has 0 bridgehead atoms. The van der Waals surface area contributed by atoms with Crippen LogP contribution in [0.1, 0.15) is 0 Å². The van der Waals surface area contributed by atoms with Crippen LogP contribution in [0.4, 0.5) is 0 Å². The topological polar surface area (TPSA) is 0 Å². The summed E-state index contributed by atoms with van der Waals surface area (Å²) >= 11 is 0. The predicted octanol–water partition coefficient (Wildman–Crippen LogP) is 0.797. The Kier molecular flexibility index (Phi) is 155. The minimum absolute atomic E-state index is 0. The van der Waals surface area contributed by atoms with Crippen LogP contribution in [0.25, 0.3) is 0 Å². The van der Waals surface area contributed by atoms with Gasteiger partial charge >= 0.3 is 0 Å². The largest absolute Gasteiger partial charge is 0.106 e. The van der Waals surface area contributed by atoms with Crippen LogP contribution in [0, 0.1) is 0 Å². The summed E-state index contributed by atoms with van der Waals surface area (Å²) in [5.41, 5.74) is 0. The van der Waals surface area contributed by atoms with E-state index in [1.807, 2.05) is 0 Å². The van der Waals surface area contributed by atoms with E-state index in [0.717, 1.165) is 0 Å².